The van der Waals surface area contributed by atoms with Gasteiger partial charge in [-0.25, -0.2) is 0 Å². The lowest BCUT2D eigenvalue weighted by Crippen LogP contribution is -2.49. The Bertz CT molecular complexity index is 548. The lowest BCUT2D eigenvalue weighted by molar-refractivity contribution is -0.143. The van der Waals surface area contributed by atoms with Crippen LogP contribution in [0.4, 0.5) is 0 Å². The Balaban J connectivity index is 2.16. The molecule has 1 N–H and O–H groups in total. The minimum atomic E-state index is -1.10. The van der Waals surface area contributed by atoms with E-state index < -0.39 is 18.1 Å². The summed E-state index contributed by atoms with van der Waals surface area (Å²) in [5, 5.41) is 9.95. The number of thiocarbonyl (C=S) groups is 1. The Morgan fingerprint density at radius 1 is 1.59 bits per heavy atom. The van der Waals surface area contributed by atoms with Crippen molar-refractivity contribution in [2.75, 3.05) is 13.7 Å². The molecule has 1 saturated heterocycles. The maximum absolute atomic E-state index is 12.6. The number of benzene rings is 1. The topological polar surface area (TPSA) is 59.0 Å². The minimum absolute atomic E-state index is 0.115. The zero-order valence-corrected chi connectivity index (χ0v) is 13.2. The number of rotatable bonds is 6. The molecular weight excluding hydrogens is 302 g/mol. The molecule has 1 aliphatic heterocycles. The van der Waals surface area contributed by atoms with E-state index in [1.54, 1.807) is 0 Å². The molecule has 0 unspecified atom stereocenters. The number of methoxy groups -OCH3 is 1. The Hall–Kier alpha value is -1.76. The van der Waals surface area contributed by atoms with Crippen molar-refractivity contribution in [3.05, 3.63) is 48.6 Å². The number of amides is 1. The first-order chi connectivity index (χ1) is 10.6. The first-order valence-electron chi connectivity index (χ1n) is 6.95. The van der Waals surface area contributed by atoms with Crippen LogP contribution in [0.3, 0.4) is 0 Å². The van der Waals surface area contributed by atoms with Crippen LogP contribution in [0.1, 0.15) is 5.56 Å². The summed E-state index contributed by atoms with van der Waals surface area (Å²) in [5.74, 6) is -0.418. The van der Waals surface area contributed by atoms with Crippen molar-refractivity contribution in [2.24, 2.45) is 0 Å². The van der Waals surface area contributed by atoms with Gasteiger partial charge < -0.3 is 14.6 Å². The highest BCUT2D eigenvalue weighted by atomic mass is 32.1. The second-order valence-electron chi connectivity index (χ2n) is 5.01. The molecular formula is C16H19NO4S. The van der Waals surface area contributed by atoms with Crippen LogP contribution in [0.15, 0.2) is 43.0 Å². The Morgan fingerprint density at radius 3 is 2.86 bits per heavy atom. The largest absolute Gasteiger partial charge is 0.468 e. The molecule has 2 rings (SSSR count). The van der Waals surface area contributed by atoms with E-state index in [-0.39, 0.29) is 11.2 Å². The molecule has 1 amide bonds. The smallest absolute Gasteiger partial charge is 0.266 e. The minimum Gasteiger partial charge on any atom is -0.468 e. The molecule has 0 saturated carbocycles. The molecule has 0 spiro atoms. The molecule has 22 heavy (non-hydrogen) atoms. The Kier molecular flexibility index (Phi) is 5.65. The van der Waals surface area contributed by atoms with E-state index in [4.69, 9.17) is 21.7 Å². The van der Waals surface area contributed by atoms with Gasteiger partial charge in [0.1, 0.15) is 12.7 Å². The van der Waals surface area contributed by atoms with Crippen molar-refractivity contribution in [1.82, 2.24) is 4.90 Å². The fourth-order valence-electron chi connectivity index (χ4n) is 2.41. The van der Waals surface area contributed by atoms with Gasteiger partial charge in [-0.3, -0.25) is 9.69 Å². The van der Waals surface area contributed by atoms with Gasteiger partial charge in [0.05, 0.1) is 6.04 Å². The van der Waals surface area contributed by atoms with Gasteiger partial charge in [-0.05, 0) is 24.2 Å². The van der Waals surface area contributed by atoms with Crippen LogP contribution in [0, 0.1) is 0 Å². The monoisotopic (exact) mass is 321 g/mol. The van der Waals surface area contributed by atoms with Crippen LogP contribution in [0.2, 0.25) is 0 Å². The summed E-state index contributed by atoms with van der Waals surface area (Å²) in [5.41, 5.74) is 1.08. The summed E-state index contributed by atoms with van der Waals surface area (Å²) in [7, 11) is 1.36. The summed E-state index contributed by atoms with van der Waals surface area (Å²) in [6, 6.07) is 9.57. The van der Waals surface area contributed by atoms with Crippen LogP contribution in [0.5, 0.6) is 0 Å². The van der Waals surface area contributed by atoms with Crippen LogP contribution in [-0.2, 0) is 20.7 Å². The molecule has 0 bridgehead atoms. The second-order valence-corrected chi connectivity index (χ2v) is 5.36. The highest BCUT2D eigenvalue weighted by Crippen LogP contribution is 2.20. The normalized spacial score (nSPS) is 20.4. The number of carbonyl (C=O) groups excluding carboxylic acids is 1. The number of carbonyl (C=O) groups is 1. The van der Waals surface area contributed by atoms with Gasteiger partial charge in [0, 0.05) is 7.11 Å². The van der Waals surface area contributed by atoms with Crippen LogP contribution in [-0.4, -0.2) is 53.1 Å². The van der Waals surface area contributed by atoms with Crippen molar-refractivity contribution in [3.8, 4) is 0 Å². The molecule has 6 heteroatoms. The van der Waals surface area contributed by atoms with E-state index in [1.807, 2.05) is 30.3 Å². The van der Waals surface area contributed by atoms with Gasteiger partial charge in [-0.1, -0.05) is 36.4 Å². The van der Waals surface area contributed by atoms with Crippen LogP contribution in [0.25, 0.3) is 0 Å². The molecule has 1 fully saturated rings. The van der Waals surface area contributed by atoms with Crippen molar-refractivity contribution in [3.63, 3.8) is 0 Å². The average Bonchev–Trinajstić information content (AvgIpc) is 2.89. The maximum Gasteiger partial charge on any atom is 0.266 e. The number of ether oxygens (including phenoxy) is 2. The highest BCUT2D eigenvalue weighted by Gasteiger charge is 2.40. The predicted molar refractivity (Wildman–Crippen MR) is 86.3 cm³/mol. The summed E-state index contributed by atoms with van der Waals surface area (Å²) < 4.78 is 10.4. The zero-order chi connectivity index (χ0) is 16.1. The van der Waals surface area contributed by atoms with Gasteiger partial charge in [0.2, 0.25) is 0 Å². The van der Waals surface area contributed by atoms with E-state index in [1.165, 1.54) is 18.1 Å². The molecule has 1 aromatic rings. The number of hydrogen-bond acceptors (Lipinski definition) is 5. The third-order valence-electron chi connectivity index (χ3n) is 3.56. The van der Waals surface area contributed by atoms with Gasteiger partial charge in [0.15, 0.2) is 6.10 Å². The molecule has 5 nitrogen and oxygen atoms in total. The predicted octanol–water partition coefficient (Wildman–Crippen LogP) is 1.30. The summed E-state index contributed by atoms with van der Waals surface area (Å²) in [6.45, 7) is 3.81. The molecule has 1 aromatic carbocycles. The Labute approximate surface area is 135 Å². The summed E-state index contributed by atoms with van der Waals surface area (Å²) >= 11 is 5.12. The van der Waals surface area contributed by atoms with E-state index in [9.17, 15) is 9.90 Å². The molecule has 0 aromatic heterocycles. The molecule has 1 heterocycles. The first kappa shape index (κ1) is 16.6. The third kappa shape index (κ3) is 3.52. The highest BCUT2D eigenvalue weighted by molar-refractivity contribution is 7.80. The fourth-order valence-corrected chi connectivity index (χ4v) is 2.72. The van der Waals surface area contributed by atoms with Crippen molar-refractivity contribution in [1.29, 1.82) is 0 Å². The quantitative estimate of drug-likeness (QED) is 0.632. The van der Waals surface area contributed by atoms with Crippen LogP contribution < -0.4 is 0 Å². The van der Waals surface area contributed by atoms with Crippen LogP contribution >= 0.6 is 12.2 Å². The van der Waals surface area contributed by atoms with E-state index in [0.717, 1.165) is 5.56 Å². The molecule has 118 valence electrons. The number of nitrogens with zero attached hydrogens (tertiary/aromatic N) is 1. The molecule has 0 radical (unpaired) electrons. The van der Waals surface area contributed by atoms with Gasteiger partial charge >= 0.3 is 0 Å². The van der Waals surface area contributed by atoms with E-state index in [0.29, 0.717) is 13.0 Å². The average molecular weight is 321 g/mol. The van der Waals surface area contributed by atoms with Gasteiger partial charge in [0.25, 0.3) is 11.1 Å². The van der Waals surface area contributed by atoms with Crippen molar-refractivity contribution in [2.45, 2.75) is 24.7 Å². The second kappa shape index (κ2) is 7.49. The number of aliphatic hydroxyl groups is 1. The lowest BCUT2D eigenvalue weighted by Gasteiger charge is -2.27. The molecule has 1 aliphatic rings. The fraction of sp³-hybridized carbons (Fsp3) is 0.375. The first-order valence-corrected chi connectivity index (χ1v) is 7.36. The number of aliphatic hydroxyl groups excluding tert-OH is 1. The SMILES string of the molecule is C=C[C@H](O)[C@H](OC)C(=O)N1C(=S)OC[C@@H]1Cc1ccccc1. The van der Waals surface area contributed by atoms with Crippen molar-refractivity contribution >= 4 is 23.3 Å². The van der Waals surface area contributed by atoms with Gasteiger partial charge in [-0.2, -0.15) is 0 Å². The summed E-state index contributed by atoms with van der Waals surface area (Å²) in [6.07, 6.45) is -0.264. The number of hydrogen-bond donors (Lipinski definition) is 1. The summed E-state index contributed by atoms with van der Waals surface area (Å²) in [4.78, 5) is 14.0. The zero-order valence-electron chi connectivity index (χ0n) is 12.3. The Morgan fingerprint density at radius 2 is 2.27 bits per heavy atom. The van der Waals surface area contributed by atoms with E-state index in [2.05, 4.69) is 6.58 Å². The lowest BCUT2D eigenvalue weighted by atomic mass is 10.0. The van der Waals surface area contributed by atoms with Crippen molar-refractivity contribution < 1.29 is 19.4 Å². The third-order valence-corrected chi connectivity index (χ3v) is 3.88. The van der Waals surface area contributed by atoms with E-state index >= 15 is 0 Å². The standard InChI is InChI=1S/C16H19NO4S/c1-3-13(18)14(20-2)15(19)17-12(10-21-16(17)22)9-11-7-5-4-6-8-11/h3-8,12-14,18H,1,9-10H2,2H3/t12-,13-,14-/m0/s1. The molecule has 0 aliphatic carbocycles. The maximum atomic E-state index is 12.6. The van der Waals surface area contributed by atoms with Gasteiger partial charge in [-0.15, -0.1) is 6.58 Å². The molecule has 3 atom stereocenters.